The third-order valence-corrected chi connectivity index (χ3v) is 8.69. The van der Waals surface area contributed by atoms with Crippen molar-refractivity contribution in [3.05, 3.63) is 35.5 Å². The average molecular weight is 384 g/mol. The van der Waals surface area contributed by atoms with Crippen LogP contribution in [0.25, 0.3) is 0 Å². The summed E-state index contributed by atoms with van der Waals surface area (Å²) in [6.45, 7) is 13.0. The first-order valence-corrected chi connectivity index (χ1v) is 11.9. The van der Waals surface area contributed by atoms with Crippen LogP contribution >= 0.6 is 0 Å². The van der Waals surface area contributed by atoms with Crippen LogP contribution in [-0.4, -0.2) is 35.7 Å². The summed E-state index contributed by atoms with van der Waals surface area (Å²) in [6, 6.07) is 0. The molecule has 0 radical (unpaired) electrons. The van der Waals surface area contributed by atoms with Crippen LogP contribution in [0.1, 0.15) is 78.1 Å². The van der Waals surface area contributed by atoms with E-state index < -0.39 is 0 Å². The number of likely N-dealkylation sites (tertiary alicyclic amines) is 1. The second-order valence-corrected chi connectivity index (χ2v) is 10.6. The predicted octanol–water partition coefficient (Wildman–Crippen LogP) is 5.89. The molecule has 0 aromatic carbocycles. The number of aliphatic hydroxyl groups excluding tert-OH is 1. The highest BCUT2D eigenvalue weighted by atomic mass is 16.3. The van der Waals surface area contributed by atoms with Crippen LogP contribution in [-0.2, 0) is 0 Å². The van der Waals surface area contributed by atoms with Crippen molar-refractivity contribution in [1.82, 2.24) is 4.90 Å². The minimum absolute atomic E-state index is 0.320. The van der Waals surface area contributed by atoms with Gasteiger partial charge in [0.2, 0.25) is 0 Å². The lowest BCUT2D eigenvalue weighted by Gasteiger charge is -2.43. The van der Waals surface area contributed by atoms with Crippen molar-refractivity contribution in [2.75, 3.05) is 19.6 Å². The molecule has 3 unspecified atom stereocenters. The molecule has 28 heavy (non-hydrogen) atoms. The van der Waals surface area contributed by atoms with Crippen molar-refractivity contribution in [2.45, 2.75) is 84.2 Å². The van der Waals surface area contributed by atoms with E-state index in [9.17, 15) is 5.11 Å². The number of nitrogens with zero attached hydrogens (tertiary/aromatic N) is 1. The molecule has 4 fully saturated rings. The first kappa shape index (κ1) is 20.4. The van der Waals surface area contributed by atoms with Crippen molar-refractivity contribution in [1.29, 1.82) is 0 Å². The maximum atomic E-state index is 10.1. The Kier molecular flexibility index (Phi) is 6.18. The topological polar surface area (TPSA) is 23.5 Å². The Bertz CT molecular complexity index is 647. The lowest BCUT2D eigenvalue weighted by Crippen LogP contribution is -2.35. The third-order valence-electron chi connectivity index (χ3n) is 8.69. The molecule has 1 N–H and O–H groups in total. The highest BCUT2D eigenvalue weighted by Gasteiger charge is 2.48. The number of hydrogen-bond donors (Lipinski definition) is 1. The molecule has 0 spiro atoms. The number of fused-ring (bicyclic) bond motifs is 1. The molecule has 3 aliphatic carbocycles. The molecule has 2 nitrogen and oxygen atoms in total. The largest absolute Gasteiger partial charge is 0.388 e. The maximum absolute atomic E-state index is 10.1. The summed E-state index contributed by atoms with van der Waals surface area (Å²) in [6.07, 6.45) is 17.0. The molecule has 0 amide bonds. The van der Waals surface area contributed by atoms with E-state index in [-0.39, 0.29) is 6.10 Å². The molecule has 1 aliphatic heterocycles. The van der Waals surface area contributed by atoms with Gasteiger partial charge in [-0.3, -0.25) is 0 Å². The minimum atomic E-state index is -0.320. The molecular weight excluding hydrogens is 342 g/mol. The van der Waals surface area contributed by atoms with E-state index in [0.29, 0.717) is 5.41 Å². The Morgan fingerprint density at radius 2 is 2.04 bits per heavy atom. The molecule has 5 atom stereocenters. The Morgan fingerprint density at radius 1 is 1.18 bits per heavy atom. The van der Waals surface area contributed by atoms with Crippen LogP contribution < -0.4 is 0 Å². The molecule has 2 heteroatoms. The Balaban J connectivity index is 1.40. The number of allylic oxidation sites excluding steroid dienone is 3. The first-order chi connectivity index (χ1) is 13.5. The fourth-order valence-corrected chi connectivity index (χ4v) is 6.75. The summed E-state index contributed by atoms with van der Waals surface area (Å²) in [7, 11) is 0. The zero-order chi connectivity index (χ0) is 19.7. The summed E-state index contributed by atoms with van der Waals surface area (Å²) in [5, 5.41) is 10.1. The lowest BCUT2D eigenvalue weighted by atomic mass is 9.63. The van der Waals surface area contributed by atoms with E-state index in [0.717, 1.165) is 42.6 Å². The molecule has 0 aromatic heterocycles. The van der Waals surface area contributed by atoms with Gasteiger partial charge in [0.15, 0.2) is 0 Å². The zero-order valence-electron chi connectivity index (χ0n) is 18.3. The van der Waals surface area contributed by atoms with Crippen molar-refractivity contribution < 1.29 is 5.11 Å². The monoisotopic (exact) mass is 383 g/mol. The average Bonchev–Trinajstić information content (AvgIpc) is 3.23. The molecule has 1 saturated heterocycles. The van der Waals surface area contributed by atoms with Gasteiger partial charge in [-0.2, -0.15) is 0 Å². The van der Waals surface area contributed by atoms with Crippen LogP contribution in [0.2, 0.25) is 0 Å². The summed E-state index contributed by atoms with van der Waals surface area (Å²) >= 11 is 0. The van der Waals surface area contributed by atoms with Gasteiger partial charge in [-0.1, -0.05) is 43.7 Å². The van der Waals surface area contributed by atoms with E-state index >= 15 is 0 Å². The first-order valence-electron chi connectivity index (χ1n) is 11.9. The highest BCUT2D eigenvalue weighted by Crippen LogP contribution is 2.58. The van der Waals surface area contributed by atoms with Crippen molar-refractivity contribution in [3.8, 4) is 0 Å². The number of aliphatic hydroxyl groups is 1. The van der Waals surface area contributed by atoms with E-state index in [2.05, 4.69) is 37.5 Å². The predicted molar refractivity (Wildman–Crippen MR) is 118 cm³/mol. The molecule has 4 rings (SSSR count). The SMILES string of the molecule is C=C1CC/C(=C/C=C2\CCCC3(C)C2CC[C@@H]3CCN2CC[C@H](C)C2)CC1O. The number of hydrogen-bond acceptors (Lipinski definition) is 2. The second-order valence-electron chi connectivity index (χ2n) is 10.6. The van der Waals surface area contributed by atoms with Gasteiger partial charge >= 0.3 is 0 Å². The van der Waals surface area contributed by atoms with Gasteiger partial charge in [-0.05, 0) is 106 Å². The second kappa shape index (κ2) is 8.48. The van der Waals surface area contributed by atoms with Crippen molar-refractivity contribution >= 4 is 0 Å². The van der Waals surface area contributed by atoms with Gasteiger partial charge in [-0.25, -0.2) is 0 Å². The van der Waals surface area contributed by atoms with E-state index in [1.54, 1.807) is 5.57 Å². The van der Waals surface area contributed by atoms with Gasteiger partial charge < -0.3 is 10.0 Å². The van der Waals surface area contributed by atoms with Crippen LogP contribution in [0.4, 0.5) is 0 Å². The smallest absolute Gasteiger partial charge is 0.0784 e. The maximum Gasteiger partial charge on any atom is 0.0784 e. The quantitative estimate of drug-likeness (QED) is 0.612. The Morgan fingerprint density at radius 3 is 2.79 bits per heavy atom. The third kappa shape index (κ3) is 4.19. The summed E-state index contributed by atoms with van der Waals surface area (Å²) in [5.74, 6) is 2.60. The molecule has 4 aliphatic rings. The van der Waals surface area contributed by atoms with Gasteiger partial charge in [-0.15, -0.1) is 0 Å². The van der Waals surface area contributed by atoms with Gasteiger partial charge in [0, 0.05) is 6.54 Å². The minimum Gasteiger partial charge on any atom is -0.388 e. The molecule has 1 heterocycles. The van der Waals surface area contributed by atoms with Crippen LogP contribution in [0.3, 0.4) is 0 Å². The fraction of sp³-hybridized carbons (Fsp3) is 0.769. The summed E-state index contributed by atoms with van der Waals surface area (Å²) < 4.78 is 0. The Labute approximate surface area is 172 Å². The van der Waals surface area contributed by atoms with E-state index in [1.165, 1.54) is 70.2 Å². The van der Waals surface area contributed by atoms with Crippen molar-refractivity contribution in [2.24, 2.45) is 23.2 Å². The summed E-state index contributed by atoms with van der Waals surface area (Å²) in [5.41, 5.74) is 4.66. The van der Waals surface area contributed by atoms with Crippen molar-refractivity contribution in [3.63, 3.8) is 0 Å². The van der Waals surface area contributed by atoms with Crippen LogP contribution in [0, 0.1) is 23.2 Å². The fourth-order valence-electron chi connectivity index (χ4n) is 6.75. The molecular formula is C26H41NO. The summed E-state index contributed by atoms with van der Waals surface area (Å²) in [4.78, 5) is 2.72. The van der Waals surface area contributed by atoms with Crippen LogP contribution in [0.5, 0.6) is 0 Å². The lowest BCUT2D eigenvalue weighted by molar-refractivity contribution is 0.119. The molecule has 0 bridgehead atoms. The van der Waals surface area contributed by atoms with Crippen LogP contribution in [0.15, 0.2) is 35.5 Å². The van der Waals surface area contributed by atoms with E-state index in [1.807, 2.05) is 0 Å². The zero-order valence-corrected chi connectivity index (χ0v) is 18.3. The normalized spacial score (nSPS) is 42.5. The molecule has 0 aromatic rings. The van der Waals surface area contributed by atoms with Gasteiger partial charge in [0.05, 0.1) is 6.10 Å². The van der Waals surface area contributed by atoms with Gasteiger partial charge in [0.25, 0.3) is 0 Å². The molecule has 3 saturated carbocycles. The standard InChI is InChI=1S/C26H41NO/c1-19-12-15-27(18-19)16-13-23-10-11-24-22(5-4-14-26(23,24)3)9-8-21-7-6-20(2)25(28)17-21/h8-9,19,23-25,28H,2,4-7,10-18H2,1,3H3/b21-8-,22-9+/t19-,23+,24?,25?,26?/m0/s1. The van der Waals surface area contributed by atoms with E-state index in [4.69, 9.17) is 0 Å². The molecule has 156 valence electrons. The van der Waals surface area contributed by atoms with Gasteiger partial charge in [0.1, 0.15) is 0 Å². The number of rotatable bonds is 4. The Hall–Kier alpha value is -0.860. The highest BCUT2D eigenvalue weighted by molar-refractivity contribution is 5.27.